The molecule has 1 aromatic carbocycles. The summed E-state index contributed by atoms with van der Waals surface area (Å²) in [6.45, 7) is 3.73. The summed E-state index contributed by atoms with van der Waals surface area (Å²) in [5.41, 5.74) is 4.49. The van der Waals surface area contributed by atoms with Crippen LogP contribution in [0.2, 0.25) is 0 Å². The Hall–Kier alpha value is -1.65. The van der Waals surface area contributed by atoms with Crippen molar-refractivity contribution in [2.75, 3.05) is 20.3 Å². The number of hydrogen-bond acceptors (Lipinski definition) is 4. The second-order valence-corrected chi connectivity index (χ2v) is 10.7. The lowest BCUT2D eigenvalue weighted by Gasteiger charge is -2.52. The topological polar surface area (TPSA) is 44.8 Å². The zero-order chi connectivity index (χ0) is 21.2. The second-order valence-electron chi connectivity index (χ2n) is 10.7. The van der Waals surface area contributed by atoms with E-state index in [9.17, 15) is 4.79 Å². The standard InChI is InChI=1S/C27H34O4/c1-26-16-22(17-4-3-5-19(14-17)29-2)25-20-10-11-27(30-12-13-31-27)15-18(20)6-7-21(25)23(26)8-9-24(26)28/h3-5,14,18,21-23H,6-13,15-16H2,1-2H3. The molecule has 0 N–H and O–H groups in total. The van der Waals surface area contributed by atoms with Crippen molar-refractivity contribution in [3.63, 3.8) is 0 Å². The highest BCUT2D eigenvalue weighted by Gasteiger charge is 2.57. The molecular weight excluding hydrogens is 388 g/mol. The number of Topliss-reactive ketones (excluding diaryl/α,β-unsaturated/α-hetero) is 1. The minimum absolute atomic E-state index is 0.178. The van der Waals surface area contributed by atoms with Crippen LogP contribution in [0, 0.1) is 23.2 Å². The van der Waals surface area contributed by atoms with Gasteiger partial charge in [-0.2, -0.15) is 0 Å². The van der Waals surface area contributed by atoms with Crippen molar-refractivity contribution in [2.45, 2.75) is 70.0 Å². The number of fused-ring (bicyclic) bond motifs is 4. The summed E-state index contributed by atoms with van der Waals surface area (Å²) in [7, 11) is 1.74. The maximum Gasteiger partial charge on any atom is 0.169 e. The Labute approximate surface area is 185 Å². The van der Waals surface area contributed by atoms with Crippen molar-refractivity contribution < 1.29 is 19.0 Å². The molecule has 1 heterocycles. The third-order valence-electron chi connectivity index (χ3n) is 9.36. The second kappa shape index (κ2) is 7.18. The van der Waals surface area contributed by atoms with Crippen LogP contribution in [-0.4, -0.2) is 31.9 Å². The first kappa shape index (κ1) is 20.0. The van der Waals surface area contributed by atoms with E-state index >= 15 is 0 Å². The van der Waals surface area contributed by atoms with E-state index in [0.717, 1.165) is 57.5 Å². The first-order chi connectivity index (χ1) is 15.0. The van der Waals surface area contributed by atoms with Gasteiger partial charge < -0.3 is 14.2 Å². The van der Waals surface area contributed by atoms with Crippen molar-refractivity contribution in [1.82, 2.24) is 0 Å². The Balaban J connectivity index is 1.45. The average molecular weight is 423 g/mol. The van der Waals surface area contributed by atoms with Crippen LogP contribution >= 0.6 is 0 Å². The molecule has 6 rings (SSSR count). The molecule has 5 aliphatic rings. The summed E-state index contributed by atoms with van der Waals surface area (Å²) in [6.07, 6.45) is 8.25. The number of ketones is 1. The van der Waals surface area contributed by atoms with E-state index in [0.29, 0.717) is 29.5 Å². The van der Waals surface area contributed by atoms with Crippen molar-refractivity contribution in [3.8, 4) is 5.75 Å². The number of carbonyl (C=O) groups is 1. The van der Waals surface area contributed by atoms with Gasteiger partial charge in [-0.15, -0.1) is 0 Å². The Morgan fingerprint density at radius 3 is 2.71 bits per heavy atom. The maximum absolute atomic E-state index is 13.1. The van der Waals surface area contributed by atoms with Crippen LogP contribution in [0.3, 0.4) is 0 Å². The Morgan fingerprint density at radius 1 is 1.06 bits per heavy atom. The first-order valence-electron chi connectivity index (χ1n) is 12.2. The van der Waals surface area contributed by atoms with E-state index in [2.05, 4.69) is 25.1 Å². The van der Waals surface area contributed by atoms with Crippen LogP contribution in [0.5, 0.6) is 5.75 Å². The number of allylic oxidation sites excluding steroid dienone is 2. The number of ether oxygens (including phenoxy) is 3. The van der Waals surface area contributed by atoms with Crippen LogP contribution in [0.15, 0.2) is 35.4 Å². The van der Waals surface area contributed by atoms with Crippen molar-refractivity contribution in [1.29, 1.82) is 0 Å². The molecular formula is C27H34O4. The smallest absolute Gasteiger partial charge is 0.169 e. The predicted molar refractivity (Wildman–Crippen MR) is 118 cm³/mol. The Kier molecular flexibility index (Phi) is 4.63. The van der Waals surface area contributed by atoms with E-state index in [-0.39, 0.29) is 11.2 Å². The lowest BCUT2D eigenvalue weighted by molar-refractivity contribution is -0.181. The molecule has 166 valence electrons. The SMILES string of the molecule is COc1cccc(C2CC3(C)C(=O)CCC3C3CCC4CC5(CCC4=C23)OCCO5)c1. The largest absolute Gasteiger partial charge is 0.497 e. The summed E-state index contributed by atoms with van der Waals surface area (Å²) in [4.78, 5) is 13.1. The molecule has 3 saturated carbocycles. The van der Waals surface area contributed by atoms with Gasteiger partial charge in [0.25, 0.3) is 0 Å². The third kappa shape index (κ3) is 2.97. The van der Waals surface area contributed by atoms with E-state index < -0.39 is 0 Å². The quantitative estimate of drug-likeness (QED) is 0.597. The fourth-order valence-electron chi connectivity index (χ4n) is 7.92. The van der Waals surface area contributed by atoms with Crippen LogP contribution in [0.25, 0.3) is 0 Å². The van der Waals surface area contributed by atoms with Gasteiger partial charge in [0.1, 0.15) is 11.5 Å². The van der Waals surface area contributed by atoms with E-state index in [1.54, 1.807) is 18.3 Å². The molecule has 1 aromatic rings. The number of methoxy groups -OCH3 is 1. The fraction of sp³-hybridized carbons (Fsp3) is 0.667. The summed E-state index contributed by atoms with van der Waals surface area (Å²) in [6, 6.07) is 8.58. The highest BCUT2D eigenvalue weighted by Crippen LogP contribution is 2.64. The lowest BCUT2D eigenvalue weighted by Crippen LogP contribution is -2.46. The van der Waals surface area contributed by atoms with Gasteiger partial charge in [0.05, 0.1) is 20.3 Å². The van der Waals surface area contributed by atoms with Crippen molar-refractivity contribution >= 4 is 5.78 Å². The molecule has 0 aromatic heterocycles. The first-order valence-corrected chi connectivity index (χ1v) is 12.2. The summed E-state index contributed by atoms with van der Waals surface area (Å²) in [5, 5.41) is 0. The van der Waals surface area contributed by atoms with Crippen molar-refractivity contribution in [2.24, 2.45) is 23.2 Å². The lowest BCUT2D eigenvalue weighted by atomic mass is 9.52. The molecule has 5 unspecified atom stereocenters. The fourth-order valence-corrected chi connectivity index (χ4v) is 7.92. The average Bonchev–Trinajstić information content (AvgIpc) is 3.36. The number of benzene rings is 1. The van der Waals surface area contributed by atoms with Crippen LogP contribution in [-0.2, 0) is 14.3 Å². The molecule has 31 heavy (non-hydrogen) atoms. The van der Waals surface area contributed by atoms with Crippen LogP contribution in [0.4, 0.5) is 0 Å². The number of rotatable bonds is 2. The van der Waals surface area contributed by atoms with Gasteiger partial charge in [0, 0.05) is 30.6 Å². The molecule has 4 nitrogen and oxygen atoms in total. The molecule has 5 atom stereocenters. The zero-order valence-corrected chi connectivity index (χ0v) is 18.8. The van der Waals surface area contributed by atoms with E-state index in [4.69, 9.17) is 14.2 Å². The molecule has 1 spiro atoms. The Bertz CT molecular complexity index is 927. The molecule has 0 radical (unpaired) electrons. The molecule has 1 saturated heterocycles. The third-order valence-corrected chi connectivity index (χ3v) is 9.36. The Morgan fingerprint density at radius 2 is 1.90 bits per heavy atom. The molecule has 0 bridgehead atoms. The van der Waals surface area contributed by atoms with Gasteiger partial charge in [-0.3, -0.25) is 4.79 Å². The minimum Gasteiger partial charge on any atom is -0.497 e. The van der Waals surface area contributed by atoms with Crippen LogP contribution in [0.1, 0.15) is 69.8 Å². The van der Waals surface area contributed by atoms with Gasteiger partial charge in [0.2, 0.25) is 0 Å². The summed E-state index contributed by atoms with van der Waals surface area (Å²) in [5.74, 6) is 3.01. The molecule has 4 aliphatic carbocycles. The van der Waals surface area contributed by atoms with Crippen LogP contribution < -0.4 is 4.74 Å². The molecule has 4 heteroatoms. The molecule has 0 amide bonds. The van der Waals surface area contributed by atoms with E-state index in [1.807, 2.05) is 6.07 Å². The van der Waals surface area contributed by atoms with Gasteiger partial charge >= 0.3 is 0 Å². The van der Waals surface area contributed by atoms with E-state index in [1.165, 1.54) is 18.4 Å². The number of carbonyl (C=O) groups excluding carboxylic acids is 1. The minimum atomic E-state index is -0.334. The highest BCUT2D eigenvalue weighted by atomic mass is 16.7. The summed E-state index contributed by atoms with van der Waals surface area (Å²) < 4.78 is 17.8. The van der Waals surface area contributed by atoms with Gasteiger partial charge in [-0.1, -0.05) is 30.2 Å². The van der Waals surface area contributed by atoms with Gasteiger partial charge in [-0.05, 0) is 67.6 Å². The molecule has 4 fully saturated rings. The predicted octanol–water partition coefficient (Wildman–Crippen LogP) is 5.42. The van der Waals surface area contributed by atoms with Crippen molar-refractivity contribution in [3.05, 3.63) is 41.0 Å². The monoisotopic (exact) mass is 422 g/mol. The summed E-state index contributed by atoms with van der Waals surface area (Å²) >= 11 is 0. The number of hydrogen-bond donors (Lipinski definition) is 0. The maximum atomic E-state index is 13.1. The van der Waals surface area contributed by atoms with Gasteiger partial charge in [0.15, 0.2) is 5.79 Å². The molecule has 1 aliphatic heterocycles. The zero-order valence-electron chi connectivity index (χ0n) is 18.8. The normalized spacial score (nSPS) is 38.7. The highest BCUT2D eigenvalue weighted by molar-refractivity contribution is 5.87. The van der Waals surface area contributed by atoms with Gasteiger partial charge in [-0.25, -0.2) is 0 Å².